The fourth-order valence-electron chi connectivity index (χ4n) is 3.35. The number of aliphatic hydroxyl groups is 1. The Morgan fingerprint density at radius 1 is 1.39 bits per heavy atom. The third-order valence-corrected chi connectivity index (χ3v) is 4.05. The zero-order valence-corrected chi connectivity index (χ0v) is 11.5. The lowest BCUT2D eigenvalue weighted by atomic mass is 9.83. The maximum Gasteiger partial charge on any atom is 0.125 e. The predicted octanol–water partition coefficient (Wildman–Crippen LogP) is 3.48. The molecule has 0 aliphatic heterocycles. The molecule has 0 heterocycles. The van der Waals surface area contributed by atoms with Crippen molar-refractivity contribution in [2.45, 2.75) is 39.2 Å². The number of ether oxygens (including phenoxy) is 1. The van der Waals surface area contributed by atoms with E-state index in [1.54, 1.807) is 13.2 Å². The van der Waals surface area contributed by atoms with Crippen LogP contribution < -0.4 is 4.74 Å². The monoisotopic (exact) mass is 252 g/mol. The van der Waals surface area contributed by atoms with Gasteiger partial charge >= 0.3 is 0 Å². The van der Waals surface area contributed by atoms with Gasteiger partial charge in [0, 0.05) is 5.56 Å². The zero-order valence-electron chi connectivity index (χ0n) is 11.5. The van der Waals surface area contributed by atoms with E-state index in [4.69, 9.17) is 4.74 Å². The zero-order chi connectivity index (χ0) is 13.6. The summed E-state index contributed by atoms with van der Waals surface area (Å²) in [4.78, 5) is 0. The molecular formula is C15H21FO2. The Bertz CT molecular complexity index is 456. The molecule has 2 atom stereocenters. The highest BCUT2D eigenvalue weighted by molar-refractivity contribution is 5.40. The van der Waals surface area contributed by atoms with Crippen LogP contribution >= 0.6 is 0 Å². The number of rotatable bonds is 2. The molecule has 1 saturated carbocycles. The molecule has 0 aromatic heterocycles. The summed E-state index contributed by atoms with van der Waals surface area (Å²) in [6.07, 6.45) is 1.55. The topological polar surface area (TPSA) is 29.5 Å². The molecular weight excluding hydrogens is 231 g/mol. The van der Waals surface area contributed by atoms with Crippen LogP contribution in [-0.4, -0.2) is 12.2 Å². The number of hydrogen-bond donors (Lipinski definition) is 1. The first-order valence-corrected chi connectivity index (χ1v) is 6.35. The summed E-state index contributed by atoms with van der Waals surface area (Å²) in [5, 5.41) is 11.0. The summed E-state index contributed by atoms with van der Waals surface area (Å²) in [6.45, 7) is 6.28. The summed E-state index contributed by atoms with van der Waals surface area (Å²) < 4.78 is 18.7. The molecule has 1 aromatic rings. The van der Waals surface area contributed by atoms with Crippen LogP contribution in [0.15, 0.2) is 18.2 Å². The highest BCUT2D eigenvalue weighted by Crippen LogP contribution is 2.54. The van der Waals surface area contributed by atoms with Gasteiger partial charge in [0.1, 0.15) is 11.6 Å². The van der Waals surface area contributed by atoms with E-state index >= 15 is 0 Å². The third-order valence-electron chi connectivity index (χ3n) is 4.05. The lowest BCUT2D eigenvalue weighted by molar-refractivity contribution is -0.00313. The van der Waals surface area contributed by atoms with Crippen LogP contribution in [0.5, 0.6) is 5.75 Å². The Morgan fingerprint density at radius 3 is 2.56 bits per heavy atom. The molecule has 1 N–H and O–H groups in total. The smallest absolute Gasteiger partial charge is 0.125 e. The van der Waals surface area contributed by atoms with Crippen LogP contribution in [0.3, 0.4) is 0 Å². The van der Waals surface area contributed by atoms with Crippen molar-refractivity contribution in [3.8, 4) is 5.75 Å². The average molecular weight is 252 g/mol. The van der Waals surface area contributed by atoms with E-state index in [9.17, 15) is 9.50 Å². The van der Waals surface area contributed by atoms with Crippen molar-refractivity contribution in [1.82, 2.24) is 0 Å². The van der Waals surface area contributed by atoms with Crippen molar-refractivity contribution >= 4 is 0 Å². The van der Waals surface area contributed by atoms with Crippen LogP contribution in [-0.2, 0) is 5.60 Å². The number of methoxy groups -OCH3 is 1. The van der Waals surface area contributed by atoms with Crippen molar-refractivity contribution in [2.75, 3.05) is 7.11 Å². The second-order valence-electron chi connectivity index (χ2n) is 6.22. The number of benzene rings is 1. The molecule has 0 amide bonds. The quantitative estimate of drug-likeness (QED) is 0.873. The molecule has 2 nitrogen and oxygen atoms in total. The maximum atomic E-state index is 13.5. The van der Waals surface area contributed by atoms with Gasteiger partial charge in [0.25, 0.3) is 0 Å². The molecule has 0 bridgehead atoms. The van der Waals surface area contributed by atoms with Crippen LogP contribution in [0.2, 0.25) is 0 Å². The van der Waals surface area contributed by atoms with Crippen molar-refractivity contribution in [3.05, 3.63) is 29.6 Å². The Hall–Kier alpha value is -1.09. The Morgan fingerprint density at radius 2 is 2.06 bits per heavy atom. The van der Waals surface area contributed by atoms with Crippen molar-refractivity contribution < 1.29 is 14.2 Å². The second kappa shape index (κ2) is 4.23. The molecule has 1 aromatic carbocycles. The highest BCUT2D eigenvalue weighted by atomic mass is 19.1. The Balaban J connectivity index is 2.50. The first kappa shape index (κ1) is 13.3. The van der Waals surface area contributed by atoms with Gasteiger partial charge in [0.05, 0.1) is 12.7 Å². The van der Waals surface area contributed by atoms with Crippen LogP contribution in [0.4, 0.5) is 4.39 Å². The minimum Gasteiger partial charge on any atom is -0.496 e. The first-order valence-electron chi connectivity index (χ1n) is 6.35. The lowest BCUT2D eigenvalue weighted by Gasteiger charge is -2.30. The molecule has 18 heavy (non-hydrogen) atoms. The largest absolute Gasteiger partial charge is 0.496 e. The highest BCUT2D eigenvalue weighted by Gasteiger charge is 2.49. The van der Waals surface area contributed by atoms with E-state index in [1.165, 1.54) is 12.1 Å². The molecule has 1 aliphatic rings. The SMILES string of the molecule is COc1ccc(F)cc1C1(O)CC(C)(C)CC1C. The van der Waals surface area contributed by atoms with Gasteiger partial charge in [-0.2, -0.15) is 0 Å². The van der Waals surface area contributed by atoms with E-state index in [1.807, 2.05) is 6.92 Å². The normalized spacial score (nSPS) is 30.4. The van der Waals surface area contributed by atoms with E-state index in [0.29, 0.717) is 17.7 Å². The molecule has 3 heteroatoms. The maximum absolute atomic E-state index is 13.5. The molecule has 2 rings (SSSR count). The Kier molecular flexibility index (Phi) is 3.14. The van der Waals surface area contributed by atoms with Gasteiger partial charge in [-0.1, -0.05) is 20.8 Å². The van der Waals surface area contributed by atoms with Gasteiger partial charge in [-0.05, 0) is 42.4 Å². The van der Waals surface area contributed by atoms with Crippen LogP contribution in [0.1, 0.15) is 39.2 Å². The molecule has 0 radical (unpaired) electrons. The minimum absolute atomic E-state index is 0.0610. The van der Waals surface area contributed by atoms with Gasteiger partial charge in [0.2, 0.25) is 0 Å². The van der Waals surface area contributed by atoms with E-state index < -0.39 is 5.60 Å². The van der Waals surface area contributed by atoms with Gasteiger partial charge < -0.3 is 9.84 Å². The lowest BCUT2D eigenvalue weighted by Crippen LogP contribution is -2.29. The van der Waals surface area contributed by atoms with Crippen LogP contribution in [0.25, 0.3) is 0 Å². The molecule has 0 saturated heterocycles. The Labute approximate surface area is 108 Å². The summed E-state index contributed by atoms with van der Waals surface area (Å²) in [5.74, 6) is 0.308. The van der Waals surface area contributed by atoms with E-state index in [-0.39, 0.29) is 17.2 Å². The average Bonchev–Trinajstić information content (AvgIpc) is 2.48. The van der Waals surface area contributed by atoms with Gasteiger partial charge in [-0.15, -0.1) is 0 Å². The predicted molar refractivity (Wildman–Crippen MR) is 69.0 cm³/mol. The van der Waals surface area contributed by atoms with Crippen molar-refractivity contribution in [1.29, 1.82) is 0 Å². The second-order valence-corrected chi connectivity index (χ2v) is 6.22. The van der Waals surface area contributed by atoms with Crippen molar-refractivity contribution in [3.63, 3.8) is 0 Å². The summed E-state index contributed by atoms with van der Waals surface area (Å²) in [7, 11) is 1.55. The standard InChI is InChI=1S/C15H21FO2/c1-10-8-14(2,3)9-15(10,17)12-7-11(16)5-6-13(12)18-4/h5-7,10,17H,8-9H2,1-4H3. The number of halogens is 1. The molecule has 1 aliphatic carbocycles. The van der Waals surface area contributed by atoms with E-state index in [2.05, 4.69) is 13.8 Å². The first-order chi connectivity index (χ1) is 8.28. The molecule has 0 spiro atoms. The van der Waals surface area contributed by atoms with E-state index in [0.717, 1.165) is 6.42 Å². The summed E-state index contributed by atoms with van der Waals surface area (Å²) in [6, 6.07) is 4.34. The molecule has 1 fully saturated rings. The number of hydrogen-bond acceptors (Lipinski definition) is 2. The molecule has 2 unspecified atom stereocenters. The van der Waals surface area contributed by atoms with Gasteiger partial charge in [-0.25, -0.2) is 4.39 Å². The van der Waals surface area contributed by atoms with Crippen LogP contribution in [0, 0.1) is 17.2 Å². The summed E-state index contributed by atoms with van der Waals surface area (Å²) >= 11 is 0. The fraction of sp³-hybridized carbons (Fsp3) is 0.600. The minimum atomic E-state index is -1.00. The van der Waals surface area contributed by atoms with Gasteiger partial charge in [-0.3, -0.25) is 0 Å². The summed E-state index contributed by atoms with van der Waals surface area (Å²) in [5.41, 5.74) is -0.370. The van der Waals surface area contributed by atoms with Crippen molar-refractivity contribution in [2.24, 2.45) is 11.3 Å². The third kappa shape index (κ3) is 2.12. The van der Waals surface area contributed by atoms with Gasteiger partial charge in [0.15, 0.2) is 0 Å². The fourth-order valence-corrected chi connectivity index (χ4v) is 3.35. The molecule has 100 valence electrons.